The Bertz CT molecular complexity index is 849. The van der Waals surface area contributed by atoms with E-state index in [0.29, 0.717) is 17.6 Å². The van der Waals surface area contributed by atoms with Crippen LogP contribution in [0.15, 0.2) is 18.2 Å². The third kappa shape index (κ3) is 3.30. The number of phenolic OH excluding ortho intramolecular Hbond substituents is 1. The van der Waals surface area contributed by atoms with Crippen LogP contribution in [0.5, 0.6) is 5.75 Å². The molecule has 2 aromatic carbocycles. The Morgan fingerprint density at radius 1 is 0.667 bits per heavy atom. The molecule has 144 valence electrons. The number of aryl methyl sites for hydroxylation is 3. The van der Waals surface area contributed by atoms with Crippen LogP contribution >= 0.6 is 0 Å². The SMILES string of the molecule is Cc1cc(-c2c(C3CCCC3)cc(C)c(C)c2O)c(C2CCCC2)cc1C. The molecule has 2 aliphatic carbocycles. The van der Waals surface area contributed by atoms with Gasteiger partial charge < -0.3 is 5.11 Å². The van der Waals surface area contributed by atoms with E-state index in [-0.39, 0.29) is 0 Å². The van der Waals surface area contributed by atoms with Crippen molar-refractivity contribution in [2.24, 2.45) is 0 Å². The predicted molar refractivity (Wildman–Crippen MR) is 115 cm³/mol. The van der Waals surface area contributed by atoms with Gasteiger partial charge in [0.05, 0.1) is 0 Å². The first-order valence-corrected chi connectivity index (χ1v) is 10.9. The van der Waals surface area contributed by atoms with Crippen LogP contribution in [0, 0.1) is 27.7 Å². The van der Waals surface area contributed by atoms with Gasteiger partial charge in [-0.15, -0.1) is 0 Å². The van der Waals surface area contributed by atoms with Gasteiger partial charge in [-0.25, -0.2) is 0 Å². The van der Waals surface area contributed by atoms with Gasteiger partial charge in [0.2, 0.25) is 0 Å². The lowest BCUT2D eigenvalue weighted by atomic mass is 9.80. The van der Waals surface area contributed by atoms with E-state index in [4.69, 9.17) is 0 Å². The minimum atomic E-state index is 0.527. The molecule has 27 heavy (non-hydrogen) atoms. The van der Waals surface area contributed by atoms with Crippen LogP contribution in [0.25, 0.3) is 11.1 Å². The molecule has 0 aliphatic heterocycles. The molecule has 0 atom stereocenters. The molecule has 0 unspecified atom stereocenters. The van der Waals surface area contributed by atoms with Crippen LogP contribution in [0.3, 0.4) is 0 Å². The largest absolute Gasteiger partial charge is 0.507 e. The highest BCUT2D eigenvalue weighted by atomic mass is 16.3. The molecule has 0 bridgehead atoms. The quantitative estimate of drug-likeness (QED) is 0.595. The average Bonchev–Trinajstić information content (AvgIpc) is 3.35. The predicted octanol–water partition coefficient (Wildman–Crippen LogP) is 7.61. The zero-order valence-electron chi connectivity index (χ0n) is 17.5. The number of aromatic hydroxyl groups is 1. The van der Waals surface area contributed by atoms with Gasteiger partial charge in [-0.05, 0) is 104 Å². The summed E-state index contributed by atoms with van der Waals surface area (Å²) < 4.78 is 0. The van der Waals surface area contributed by atoms with Crippen molar-refractivity contribution in [1.29, 1.82) is 0 Å². The van der Waals surface area contributed by atoms with Gasteiger partial charge >= 0.3 is 0 Å². The molecule has 2 aliphatic rings. The molecule has 1 heteroatoms. The Labute approximate surface area is 164 Å². The fourth-order valence-electron chi connectivity index (χ4n) is 5.40. The van der Waals surface area contributed by atoms with Crippen molar-refractivity contribution in [3.63, 3.8) is 0 Å². The van der Waals surface area contributed by atoms with Gasteiger partial charge in [0.1, 0.15) is 5.75 Å². The van der Waals surface area contributed by atoms with Crippen molar-refractivity contribution < 1.29 is 5.11 Å². The fourth-order valence-corrected chi connectivity index (χ4v) is 5.40. The lowest BCUT2D eigenvalue weighted by Crippen LogP contribution is -2.04. The molecule has 0 radical (unpaired) electrons. The second-order valence-corrected chi connectivity index (χ2v) is 9.12. The molecule has 0 heterocycles. The Morgan fingerprint density at radius 2 is 1.15 bits per heavy atom. The normalized spacial score (nSPS) is 18.5. The number of rotatable bonds is 3. The van der Waals surface area contributed by atoms with Crippen LogP contribution in [-0.4, -0.2) is 5.11 Å². The average molecular weight is 363 g/mol. The molecule has 1 N–H and O–H groups in total. The number of benzene rings is 2. The van der Waals surface area contributed by atoms with E-state index >= 15 is 0 Å². The Morgan fingerprint density at radius 3 is 1.74 bits per heavy atom. The van der Waals surface area contributed by atoms with Crippen LogP contribution in [0.4, 0.5) is 0 Å². The third-order valence-electron chi connectivity index (χ3n) is 7.37. The smallest absolute Gasteiger partial charge is 0.126 e. The van der Waals surface area contributed by atoms with Gasteiger partial charge in [-0.3, -0.25) is 0 Å². The van der Waals surface area contributed by atoms with Crippen molar-refractivity contribution in [2.45, 2.75) is 90.9 Å². The highest BCUT2D eigenvalue weighted by Gasteiger charge is 2.28. The summed E-state index contributed by atoms with van der Waals surface area (Å²) in [5.74, 6) is 1.78. The minimum Gasteiger partial charge on any atom is -0.507 e. The van der Waals surface area contributed by atoms with Gasteiger partial charge in [0, 0.05) is 5.56 Å². The maximum absolute atomic E-state index is 11.3. The van der Waals surface area contributed by atoms with Crippen LogP contribution in [-0.2, 0) is 0 Å². The van der Waals surface area contributed by atoms with E-state index in [0.717, 1.165) is 11.1 Å². The lowest BCUT2D eigenvalue weighted by Gasteiger charge is -2.25. The van der Waals surface area contributed by atoms with E-state index in [1.165, 1.54) is 84.7 Å². The van der Waals surface area contributed by atoms with Crippen molar-refractivity contribution in [3.05, 3.63) is 51.6 Å². The first kappa shape index (κ1) is 18.6. The first-order valence-electron chi connectivity index (χ1n) is 10.9. The summed E-state index contributed by atoms with van der Waals surface area (Å²) in [4.78, 5) is 0. The Balaban J connectivity index is 1.97. The third-order valence-corrected chi connectivity index (χ3v) is 7.37. The molecule has 0 spiro atoms. The molecular formula is C26H34O. The molecular weight excluding hydrogens is 328 g/mol. The molecule has 0 aromatic heterocycles. The Hall–Kier alpha value is -1.76. The van der Waals surface area contributed by atoms with E-state index < -0.39 is 0 Å². The molecule has 2 saturated carbocycles. The van der Waals surface area contributed by atoms with Crippen molar-refractivity contribution in [1.82, 2.24) is 0 Å². The van der Waals surface area contributed by atoms with Gasteiger partial charge in [0.25, 0.3) is 0 Å². The highest BCUT2D eigenvalue weighted by molar-refractivity contribution is 5.80. The molecule has 4 rings (SSSR count). The summed E-state index contributed by atoms with van der Waals surface area (Å²) in [7, 11) is 0. The summed E-state index contributed by atoms with van der Waals surface area (Å²) in [6.07, 6.45) is 10.4. The van der Waals surface area contributed by atoms with E-state index in [1.54, 1.807) is 0 Å². The summed E-state index contributed by atoms with van der Waals surface area (Å²) in [5.41, 5.74) is 10.3. The fraction of sp³-hybridized carbons (Fsp3) is 0.538. The maximum Gasteiger partial charge on any atom is 0.126 e. The number of phenols is 1. The van der Waals surface area contributed by atoms with Crippen LogP contribution in [0.1, 0.15) is 96.6 Å². The summed E-state index contributed by atoms with van der Waals surface area (Å²) in [5, 5.41) is 11.3. The van der Waals surface area contributed by atoms with E-state index in [1.807, 2.05) is 0 Å². The highest BCUT2D eigenvalue weighted by Crippen LogP contribution is 2.49. The lowest BCUT2D eigenvalue weighted by molar-refractivity contribution is 0.471. The van der Waals surface area contributed by atoms with Crippen molar-refractivity contribution in [2.75, 3.05) is 0 Å². The number of hydrogen-bond donors (Lipinski definition) is 1. The Kier molecular flexibility index (Phi) is 5.05. The van der Waals surface area contributed by atoms with Gasteiger partial charge in [0.15, 0.2) is 0 Å². The van der Waals surface area contributed by atoms with Crippen molar-refractivity contribution >= 4 is 0 Å². The molecule has 0 amide bonds. The minimum absolute atomic E-state index is 0.527. The molecule has 1 nitrogen and oxygen atoms in total. The molecule has 2 fully saturated rings. The van der Waals surface area contributed by atoms with Gasteiger partial charge in [-0.1, -0.05) is 43.9 Å². The number of hydrogen-bond acceptors (Lipinski definition) is 1. The zero-order valence-corrected chi connectivity index (χ0v) is 17.5. The molecule has 0 saturated heterocycles. The van der Waals surface area contributed by atoms with E-state index in [9.17, 15) is 5.11 Å². The summed E-state index contributed by atoms with van der Waals surface area (Å²) in [6.45, 7) is 8.67. The first-order chi connectivity index (χ1) is 13.0. The monoisotopic (exact) mass is 362 g/mol. The van der Waals surface area contributed by atoms with Gasteiger partial charge in [-0.2, -0.15) is 0 Å². The second-order valence-electron chi connectivity index (χ2n) is 9.12. The zero-order chi connectivity index (χ0) is 19.1. The topological polar surface area (TPSA) is 20.2 Å². The van der Waals surface area contributed by atoms with E-state index in [2.05, 4.69) is 45.9 Å². The second kappa shape index (κ2) is 7.34. The van der Waals surface area contributed by atoms with Crippen LogP contribution in [0.2, 0.25) is 0 Å². The summed E-state index contributed by atoms with van der Waals surface area (Å²) in [6, 6.07) is 7.17. The molecule has 2 aromatic rings. The van der Waals surface area contributed by atoms with Crippen LogP contribution < -0.4 is 0 Å². The standard InChI is InChI=1S/C26H34O/c1-16-13-22(20-9-5-6-10-20)24(14-17(16)2)25-23(21-11-7-8-12-21)15-18(3)19(4)26(25)27/h13-15,20-21,27H,5-12H2,1-4H3. The maximum atomic E-state index is 11.3. The van der Waals surface area contributed by atoms with Crippen molar-refractivity contribution in [3.8, 4) is 16.9 Å². The summed E-state index contributed by atoms with van der Waals surface area (Å²) >= 11 is 0.